The second-order valence-electron chi connectivity index (χ2n) is 8.90. The third kappa shape index (κ3) is 6.35. The summed E-state index contributed by atoms with van der Waals surface area (Å²) in [6.07, 6.45) is 3.98. The average Bonchev–Trinajstić information content (AvgIpc) is 2.92. The van der Waals surface area contributed by atoms with Crippen molar-refractivity contribution in [1.82, 2.24) is 5.32 Å². The number of carbonyl (C=O) groups is 2. The van der Waals surface area contributed by atoms with Crippen LogP contribution in [0.2, 0.25) is 0 Å². The van der Waals surface area contributed by atoms with Crippen molar-refractivity contribution in [2.75, 3.05) is 25.7 Å². The summed E-state index contributed by atoms with van der Waals surface area (Å²) in [7, 11) is 3.36. The van der Waals surface area contributed by atoms with Gasteiger partial charge < -0.3 is 19.7 Å². The fraction of sp³-hybridized carbons (Fsp3) is 0.267. The van der Waals surface area contributed by atoms with Gasteiger partial charge in [0, 0.05) is 17.5 Å². The maximum atomic E-state index is 13.1. The fourth-order valence-electron chi connectivity index (χ4n) is 3.94. The molecule has 1 heterocycles. The van der Waals surface area contributed by atoms with Gasteiger partial charge in [0.15, 0.2) is 0 Å². The number of hydrogen-bond acceptors (Lipinski definition) is 5. The Morgan fingerprint density at radius 2 is 1.76 bits per heavy atom. The van der Waals surface area contributed by atoms with Crippen LogP contribution in [-0.2, 0) is 4.79 Å². The van der Waals surface area contributed by atoms with Gasteiger partial charge in [0.05, 0.1) is 30.4 Å². The third-order valence-electron chi connectivity index (χ3n) is 6.23. The summed E-state index contributed by atoms with van der Waals surface area (Å²) < 4.78 is 10.9. The van der Waals surface area contributed by atoms with Gasteiger partial charge in [-0.15, -0.1) is 0 Å². The molecular formula is C30H32N2O4S. The van der Waals surface area contributed by atoms with Crippen LogP contribution in [0.25, 0.3) is 6.08 Å². The van der Waals surface area contributed by atoms with Crippen LogP contribution in [0, 0.1) is 0 Å². The molecule has 1 atom stereocenters. The van der Waals surface area contributed by atoms with Gasteiger partial charge in [-0.2, -0.15) is 0 Å². The molecule has 2 amide bonds. The molecule has 0 spiro atoms. The van der Waals surface area contributed by atoms with E-state index in [1.165, 1.54) is 11.8 Å². The van der Waals surface area contributed by atoms with Gasteiger partial charge in [-0.3, -0.25) is 9.59 Å². The van der Waals surface area contributed by atoms with Crippen LogP contribution in [-0.4, -0.2) is 32.6 Å². The molecule has 0 saturated heterocycles. The molecule has 0 unspecified atom stereocenters. The minimum atomic E-state index is -0.191. The molecule has 192 valence electrons. The summed E-state index contributed by atoms with van der Waals surface area (Å²) in [6, 6.07) is 20.7. The normalized spacial score (nSPS) is 14.8. The summed E-state index contributed by atoms with van der Waals surface area (Å²) in [4.78, 5) is 29.2. The number of likely N-dealkylation sites (N-methyl/N-ethyl adjacent to an activating group) is 1. The highest BCUT2D eigenvalue weighted by atomic mass is 32.2. The van der Waals surface area contributed by atoms with Gasteiger partial charge >= 0.3 is 0 Å². The Labute approximate surface area is 222 Å². The molecule has 6 nitrogen and oxygen atoms in total. The van der Waals surface area contributed by atoms with Gasteiger partial charge in [0.2, 0.25) is 0 Å². The molecule has 1 N–H and O–H groups in total. The van der Waals surface area contributed by atoms with E-state index in [1.54, 1.807) is 31.2 Å². The summed E-state index contributed by atoms with van der Waals surface area (Å²) in [5.41, 5.74) is 3.13. The zero-order chi connectivity index (χ0) is 26.4. The molecule has 37 heavy (non-hydrogen) atoms. The van der Waals surface area contributed by atoms with E-state index in [-0.39, 0.29) is 17.9 Å². The number of unbranched alkanes of at least 4 members (excludes halogenated alkanes) is 1. The third-order valence-corrected chi connectivity index (χ3v) is 7.30. The fourth-order valence-corrected chi connectivity index (χ4v) is 5.03. The highest BCUT2D eigenvalue weighted by molar-refractivity contribution is 8.04. The molecule has 0 bridgehead atoms. The standard InChI is InChI=1S/C30H32N2O4S/c1-5-6-17-36-25-14-9-22(10-15-25)20(2)31-29(33)23-11-16-27-26(19-23)32(3)30(34)28(37-27)18-21-7-12-24(35-4)13-8-21/h7-16,18-20H,5-6,17H2,1-4H3,(H,31,33)/b28-18+/t20-/m1/s1. The highest BCUT2D eigenvalue weighted by Crippen LogP contribution is 2.42. The highest BCUT2D eigenvalue weighted by Gasteiger charge is 2.27. The number of hydrogen-bond donors (Lipinski definition) is 1. The number of fused-ring (bicyclic) bond motifs is 1. The quantitative estimate of drug-likeness (QED) is 0.261. The van der Waals surface area contributed by atoms with Crippen molar-refractivity contribution in [3.05, 3.63) is 88.3 Å². The van der Waals surface area contributed by atoms with E-state index in [4.69, 9.17) is 9.47 Å². The Morgan fingerprint density at radius 1 is 1.05 bits per heavy atom. The van der Waals surface area contributed by atoms with Crippen molar-refractivity contribution in [2.45, 2.75) is 37.6 Å². The van der Waals surface area contributed by atoms with Crippen molar-refractivity contribution in [1.29, 1.82) is 0 Å². The lowest BCUT2D eigenvalue weighted by Crippen LogP contribution is -2.31. The van der Waals surface area contributed by atoms with Crippen LogP contribution >= 0.6 is 11.8 Å². The zero-order valence-electron chi connectivity index (χ0n) is 21.6. The number of thioether (sulfide) groups is 1. The molecule has 0 aliphatic carbocycles. The van der Waals surface area contributed by atoms with Crippen molar-refractivity contribution in [3.8, 4) is 11.5 Å². The summed E-state index contributed by atoms with van der Waals surface area (Å²) in [5.74, 6) is 1.29. The first-order chi connectivity index (χ1) is 17.9. The minimum Gasteiger partial charge on any atom is -0.497 e. The molecule has 0 saturated carbocycles. The van der Waals surface area contributed by atoms with Crippen molar-refractivity contribution < 1.29 is 19.1 Å². The largest absolute Gasteiger partial charge is 0.497 e. The lowest BCUT2D eigenvalue weighted by atomic mass is 10.1. The number of anilines is 1. The Balaban J connectivity index is 1.44. The van der Waals surface area contributed by atoms with Crippen LogP contribution < -0.4 is 19.7 Å². The van der Waals surface area contributed by atoms with Crippen LogP contribution in [0.5, 0.6) is 11.5 Å². The average molecular weight is 517 g/mol. The zero-order valence-corrected chi connectivity index (χ0v) is 22.4. The van der Waals surface area contributed by atoms with Crippen LogP contribution in [0.1, 0.15) is 54.2 Å². The SMILES string of the molecule is CCCCOc1ccc([C@@H](C)NC(=O)c2ccc3c(c2)N(C)C(=O)/C(=C\c2ccc(OC)cc2)S3)cc1. The van der Waals surface area contributed by atoms with Gasteiger partial charge in [-0.05, 0) is 73.0 Å². The van der Waals surface area contributed by atoms with Gasteiger partial charge in [-0.25, -0.2) is 0 Å². The Morgan fingerprint density at radius 3 is 2.43 bits per heavy atom. The number of methoxy groups -OCH3 is 1. The van der Waals surface area contributed by atoms with E-state index in [1.807, 2.05) is 67.6 Å². The first kappa shape index (κ1) is 26.4. The number of benzene rings is 3. The Bertz CT molecular complexity index is 1290. The minimum absolute atomic E-state index is 0.111. The molecule has 0 radical (unpaired) electrons. The number of nitrogens with zero attached hydrogens (tertiary/aromatic N) is 1. The number of amides is 2. The number of carbonyl (C=O) groups excluding carboxylic acids is 2. The lowest BCUT2D eigenvalue weighted by Gasteiger charge is -2.27. The number of rotatable bonds is 9. The van der Waals surface area contributed by atoms with E-state index < -0.39 is 0 Å². The maximum absolute atomic E-state index is 13.1. The molecule has 7 heteroatoms. The Hall–Kier alpha value is -3.71. The van der Waals surface area contributed by atoms with Gasteiger partial charge in [0.25, 0.3) is 11.8 Å². The van der Waals surface area contributed by atoms with E-state index in [0.717, 1.165) is 46.1 Å². The second-order valence-corrected chi connectivity index (χ2v) is 9.98. The summed E-state index contributed by atoms with van der Waals surface area (Å²) >= 11 is 1.41. The first-order valence-corrected chi connectivity index (χ1v) is 13.2. The maximum Gasteiger partial charge on any atom is 0.264 e. The molecule has 3 aromatic rings. The molecule has 1 aliphatic rings. The van der Waals surface area contributed by atoms with Crippen molar-refractivity contribution in [2.24, 2.45) is 0 Å². The molecular weight excluding hydrogens is 484 g/mol. The van der Waals surface area contributed by atoms with Gasteiger partial charge in [-0.1, -0.05) is 49.4 Å². The van der Waals surface area contributed by atoms with E-state index in [2.05, 4.69) is 12.2 Å². The summed E-state index contributed by atoms with van der Waals surface area (Å²) in [5, 5.41) is 3.06. The topological polar surface area (TPSA) is 67.9 Å². The van der Waals surface area contributed by atoms with Crippen molar-refractivity contribution >= 4 is 35.3 Å². The predicted molar refractivity (Wildman–Crippen MR) is 149 cm³/mol. The lowest BCUT2D eigenvalue weighted by molar-refractivity contribution is -0.114. The van der Waals surface area contributed by atoms with E-state index in [0.29, 0.717) is 17.1 Å². The molecule has 4 rings (SSSR count). The molecule has 0 aromatic heterocycles. The summed E-state index contributed by atoms with van der Waals surface area (Å²) in [6.45, 7) is 4.78. The van der Waals surface area contributed by atoms with Gasteiger partial charge in [0.1, 0.15) is 11.5 Å². The smallest absolute Gasteiger partial charge is 0.264 e. The monoisotopic (exact) mass is 516 g/mol. The predicted octanol–water partition coefficient (Wildman–Crippen LogP) is 6.47. The van der Waals surface area contributed by atoms with E-state index in [9.17, 15) is 9.59 Å². The molecule has 1 aliphatic heterocycles. The van der Waals surface area contributed by atoms with Crippen LogP contribution in [0.4, 0.5) is 5.69 Å². The first-order valence-electron chi connectivity index (χ1n) is 12.4. The molecule has 0 fully saturated rings. The van der Waals surface area contributed by atoms with Crippen molar-refractivity contribution in [3.63, 3.8) is 0 Å². The second kappa shape index (κ2) is 12.0. The Kier molecular flexibility index (Phi) is 8.56. The van der Waals surface area contributed by atoms with Crippen LogP contribution in [0.3, 0.4) is 0 Å². The van der Waals surface area contributed by atoms with Crippen LogP contribution in [0.15, 0.2) is 76.5 Å². The molecule has 3 aromatic carbocycles. The van der Waals surface area contributed by atoms with E-state index >= 15 is 0 Å². The number of ether oxygens (including phenoxy) is 2. The number of nitrogens with one attached hydrogen (secondary N) is 1.